The van der Waals surface area contributed by atoms with Crippen molar-refractivity contribution in [3.8, 4) is 0 Å². The summed E-state index contributed by atoms with van der Waals surface area (Å²) in [4.78, 5) is 14.1. The Morgan fingerprint density at radius 1 is 1.10 bits per heavy atom. The fourth-order valence-corrected chi connectivity index (χ4v) is 1.89. The predicted octanol–water partition coefficient (Wildman–Crippen LogP) is 2.39. The first-order valence-corrected chi connectivity index (χ1v) is 6.46. The van der Waals surface area contributed by atoms with Crippen LogP contribution in [0.1, 0.15) is 11.6 Å². The fourth-order valence-electron chi connectivity index (χ4n) is 1.89. The van der Waals surface area contributed by atoms with Crippen LogP contribution in [0.25, 0.3) is 0 Å². The lowest BCUT2D eigenvalue weighted by atomic mass is 10.1. The molecular weight excluding hydrogens is 250 g/mol. The number of hydrogen-bond donors (Lipinski definition) is 2. The number of amides is 1. The molecule has 0 spiro atoms. The summed E-state index contributed by atoms with van der Waals surface area (Å²) in [6.45, 7) is 0. The molecule has 2 rings (SSSR count). The average Bonchev–Trinajstić information content (AvgIpc) is 2.47. The van der Waals surface area contributed by atoms with Crippen molar-refractivity contribution in [1.82, 2.24) is 0 Å². The van der Waals surface area contributed by atoms with Gasteiger partial charge in [0.2, 0.25) is 5.91 Å². The van der Waals surface area contributed by atoms with Crippen molar-refractivity contribution in [1.29, 1.82) is 0 Å². The Morgan fingerprint density at radius 3 is 2.45 bits per heavy atom. The van der Waals surface area contributed by atoms with Gasteiger partial charge in [0.15, 0.2) is 0 Å². The molecule has 3 N–H and O–H groups in total. The molecule has 2 aromatic rings. The smallest absolute Gasteiger partial charge is 0.245 e. The van der Waals surface area contributed by atoms with E-state index in [1.54, 1.807) is 0 Å². The first-order valence-electron chi connectivity index (χ1n) is 6.46. The number of carbonyl (C=O) groups excluding carboxylic acids is 1. The van der Waals surface area contributed by atoms with Crippen molar-refractivity contribution < 1.29 is 4.79 Å². The first-order chi connectivity index (χ1) is 9.58. The highest BCUT2D eigenvalue weighted by molar-refractivity contribution is 5.95. The van der Waals surface area contributed by atoms with E-state index in [2.05, 4.69) is 5.32 Å². The second-order valence-corrected chi connectivity index (χ2v) is 4.82. The molecule has 4 nitrogen and oxygen atoms in total. The second kappa shape index (κ2) is 6.21. The Balaban J connectivity index is 2.10. The number of anilines is 2. The normalized spacial score (nSPS) is 11.8. The molecular formula is C16H19N3O. The number of hydrogen-bond acceptors (Lipinski definition) is 3. The molecule has 1 atom stereocenters. The minimum Gasteiger partial charge on any atom is -0.378 e. The topological polar surface area (TPSA) is 58.4 Å². The minimum atomic E-state index is -0.667. The maximum Gasteiger partial charge on any atom is 0.245 e. The molecule has 0 heterocycles. The average molecular weight is 269 g/mol. The van der Waals surface area contributed by atoms with Crippen LogP contribution in [0.5, 0.6) is 0 Å². The summed E-state index contributed by atoms with van der Waals surface area (Å²) < 4.78 is 0. The second-order valence-electron chi connectivity index (χ2n) is 4.82. The summed E-state index contributed by atoms with van der Waals surface area (Å²) in [6, 6.07) is 16.3. The molecule has 0 fully saturated rings. The SMILES string of the molecule is CN(C)c1cccc(NC(=O)[C@H](N)c2ccccc2)c1. The van der Waals surface area contributed by atoms with Gasteiger partial charge in [-0.3, -0.25) is 4.79 Å². The van der Waals surface area contributed by atoms with Gasteiger partial charge in [0, 0.05) is 25.5 Å². The van der Waals surface area contributed by atoms with Crippen LogP contribution in [0.4, 0.5) is 11.4 Å². The lowest BCUT2D eigenvalue weighted by molar-refractivity contribution is -0.117. The van der Waals surface area contributed by atoms with Gasteiger partial charge in [0.1, 0.15) is 6.04 Å². The van der Waals surface area contributed by atoms with Gasteiger partial charge in [0.25, 0.3) is 0 Å². The van der Waals surface area contributed by atoms with Crippen molar-refractivity contribution in [3.05, 3.63) is 60.2 Å². The van der Waals surface area contributed by atoms with Crippen molar-refractivity contribution in [3.63, 3.8) is 0 Å². The van der Waals surface area contributed by atoms with Crippen LogP contribution in [0.2, 0.25) is 0 Å². The van der Waals surface area contributed by atoms with Gasteiger partial charge in [0.05, 0.1) is 0 Å². The van der Waals surface area contributed by atoms with E-state index in [0.29, 0.717) is 0 Å². The van der Waals surface area contributed by atoms with Gasteiger partial charge in [-0.1, -0.05) is 36.4 Å². The van der Waals surface area contributed by atoms with Crippen LogP contribution in [-0.2, 0) is 4.79 Å². The number of nitrogens with two attached hydrogens (primary N) is 1. The molecule has 0 unspecified atom stereocenters. The van der Waals surface area contributed by atoms with Crippen molar-refractivity contribution in [2.24, 2.45) is 5.73 Å². The summed E-state index contributed by atoms with van der Waals surface area (Å²) in [7, 11) is 3.91. The van der Waals surface area contributed by atoms with E-state index in [1.807, 2.05) is 73.6 Å². The zero-order valence-corrected chi connectivity index (χ0v) is 11.7. The van der Waals surface area contributed by atoms with Crippen LogP contribution in [0.15, 0.2) is 54.6 Å². The van der Waals surface area contributed by atoms with Gasteiger partial charge < -0.3 is 16.0 Å². The molecule has 0 aliphatic carbocycles. The largest absolute Gasteiger partial charge is 0.378 e. The highest BCUT2D eigenvalue weighted by Gasteiger charge is 2.15. The van der Waals surface area contributed by atoms with E-state index in [4.69, 9.17) is 5.73 Å². The Labute approximate surface area is 119 Å². The third-order valence-corrected chi connectivity index (χ3v) is 3.07. The van der Waals surface area contributed by atoms with Crippen LogP contribution < -0.4 is 16.0 Å². The van der Waals surface area contributed by atoms with Gasteiger partial charge in [-0.2, -0.15) is 0 Å². The van der Waals surface area contributed by atoms with Gasteiger partial charge >= 0.3 is 0 Å². The minimum absolute atomic E-state index is 0.216. The number of nitrogens with one attached hydrogen (secondary N) is 1. The van der Waals surface area contributed by atoms with Gasteiger partial charge in [-0.05, 0) is 23.8 Å². The van der Waals surface area contributed by atoms with Crippen molar-refractivity contribution in [2.45, 2.75) is 6.04 Å². The molecule has 0 aliphatic rings. The van der Waals surface area contributed by atoms with E-state index in [9.17, 15) is 4.79 Å². The van der Waals surface area contributed by atoms with Crippen LogP contribution in [-0.4, -0.2) is 20.0 Å². The van der Waals surface area contributed by atoms with Crippen LogP contribution >= 0.6 is 0 Å². The van der Waals surface area contributed by atoms with E-state index < -0.39 is 6.04 Å². The number of benzene rings is 2. The zero-order chi connectivity index (χ0) is 14.5. The molecule has 20 heavy (non-hydrogen) atoms. The Bertz CT molecular complexity index is 581. The van der Waals surface area contributed by atoms with E-state index in [0.717, 1.165) is 16.9 Å². The Hall–Kier alpha value is -2.33. The van der Waals surface area contributed by atoms with Crippen LogP contribution in [0.3, 0.4) is 0 Å². The molecule has 1 amide bonds. The molecule has 0 bridgehead atoms. The molecule has 0 saturated carbocycles. The molecule has 0 saturated heterocycles. The quantitative estimate of drug-likeness (QED) is 0.896. The lowest BCUT2D eigenvalue weighted by Gasteiger charge is -2.16. The fraction of sp³-hybridized carbons (Fsp3) is 0.188. The van der Waals surface area contributed by atoms with E-state index in [-0.39, 0.29) is 5.91 Å². The summed E-state index contributed by atoms with van der Waals surface area (Å²) in [5.74, 6) is -0.216. The number of nitrogens with zero attached hydrogens (tertiary/aromatic N) is 1. The summed E-state index contributed by atoms with van der Waals surface area (Å²) in [6.07, 6.45) is 0. The number of rotatable bonds is 4. The lowest BCUT2D eigenvalue weighted by Crippen LogP contribution is -2.27. The Morgan fingerprint density at radius 2 is 1.80 bits per heavy atom. The Kier molecular flexibility index (Phi) is 4.38. The summed E-state index contributed by atoms with van der Waals surface area (Å²) in [5.41, 5.74) is 8.53. The molecule has 0 aromatic heterocycles. The maximum absolute atomic E-state index is 12.1. The molecule has 4 heteroatoms. The van der Waals surface area contributed by atoms with Crippen molar-refractivity contribution in [2.75, 3.05) is 24.3 Å². The van der Waals surface area contributed by atoms with Gasteiger partial charge in [-0.25, -0.2) is 0 Å². The standard InChI is InChI=1S/C16H19N3O/c1-19(2)14-10-6-9-13(11-14)18-16(20)15(17)12-7-4-3-5-8-12/h3-11,15H,17H2,1-2H3,(H,18,20)/t15-/m1/s1. The third-order valence-electron chi connectivity index (χ3n) is 3.07. The molecule has 2 aromatic carbocycles. The van der Waals surface area contributed by atoms with Crippen LogP contribution in [0, 0.1) is 0 Å². The van der Waals surface area contributed by atoms with E-state index >= 15 is 0 Å². The summed E-state index contributed by atoms with van der Waals surface area (Å²) in [5, 5.41) is 2.84. The molecule has 0 aliphatic heterocycles. The molecule has 104 valence electrons. The third kappa shape index (κ3) is 3.36. The highest BCUT2D eigenvalue weighted by atomic mass is 16.2. The van der Waals surface area contributed by atoms with E-state index in [1.165, 1.54) is 0 Å². The zero-order valence-electron chi connectivity index (χ0n) is 11.7. The molecule has 0 radical (unpaired) electrons. The predicted molar refractivity (Wildman–Crippen MR) is 82.8 cm³/mol. The first kappa shape index (κ1) is 14.1. The highest BCUT2D eigenvalue weighted by Crippen LogP contribution is 2.19. The number of carbonyl (C=O) groups is 1. The van der Waals surface area contributed by atoms with Crippen molar-refractivity contribution >= 4 is 17.3 Å². The monoisotopic (exact) mass is 269 g/mol. The summed E-state index contributed by atoms with van der Waals surface area (Å²) >= 11 is 0. The maximum atomic E-state index is 12.1. The van der Waals surface area contributed by atoms with Gasteiger partial charge in [-0.15, -0.1) is 0 Å².